The van der Waals surface area contributed by atoms with Crippen molar-refractivity contribution < 1.29 is 19.4 Å². The van der Waals surface area contributed by atoms with E-state index < -0.39 is 23.0 Å². The molecule has 1 aromatic heterocycles. The first-order valence-electron chi connectivity index (χ1n) is 17.1. The summed E-state index contributed by atoms with van der Waals surface area (Å²) >= 11 is 0. The van der Waals surface area contributed by atoms with Gasteiger partial charge in [-0.25, -0.2) is 0 Å². The van der Waals surface area contributed by atoms with Gasteiger partial charge in [-0.2, -0.15) is 4.68 Å². The number of ether oxygens (including phenoxy) is 2. The molecular formula is C37H38N6O4. The van der Waals surface area contributed by atoms with Crippen molar-refractivity contribution in [2.75, 3.05) is 13.1 Å². The lowest BCUT2D eigenvalue weighted by Crippen LogP contribution is -2.81. The average molecular weight is 631 g/mol. The molecule has 11 rings (SSSR count). The Labute approximate surface area is 273 Å². The summed E-state index contributed by atoms with van der Waals surface area (Å²) in [5, 5.41) is 28.3. The van der Waals surface area contributed by atoms with E-state index in [1.54, 1.807) is 4.68 Å². The predicted octanol–water partition coefficient (Wildman–Crippen LogP) is 4.34. The summed E-state index contributed by atoms with van der Waals surface area (Å²) in [7, 11) is 0. The number of para-hydroxylation sites is 1. The number of likely N-dealkylation sites (tertiary alicyclic amines) is 1. The second-order valence-electron chi connectivity index (χ2n) is 14.7. The number of hydrogen-bond donors (Lipinski definition) is 2. The number of carbonyl (C=O) groups excluding carboxylic acids is 1. The maximum absolute atomic E-state index is 14.1. The standard InChI is InChI=1S/C37H38N6O4/c44-32(38-21-23-7-3-1-4-8-23)27-20-35-15-16-37(27,45)33-36(35)17-18-42(22-24-11-12-24)29(35)19-25-13-14-28(31(47-33)30(25)36)46-34-39-40-41-43(34)26-9-5-2-6-10-26/h1-10,13-14,24,27,29,33,45H,11-12,15-22H2,(H,38,44). The highest BCUT2D eigenvalue weighted by Gasteiger charge is 2.81. The number of rotatable bonds is 8. The molecule has 10 nitrogen and oxygen atoms in total. The van der Waals surface area contributed by atoms with Crippen molar-refractivity contribution in [1.29, 1.82) is 0 Å². The Balaban J connectivity index is 1.07. The fourth-order valence-electron chi connectivity index (χ4n) is 10.4. The van der Waals surface area contributed by atoms with Crippen molar-refractivity contribution in [1.82, 2.24) is 30.4 Å². The number of fused-ring (bicyclic) bond motifs is 2. The number of aliphatic hydroxyl groups is 1. The molecule has 3 aromatic carbocycles. The monoisotopic (exact) mass is 630 g/mol. The third-order valence-corrected chi connectivity index (χ3v) is 12.6. The molecule has 2 spiro atoms. The molecule has 240 valence electrons. The third kappa shape index (κ3) is 3.79. The van der Waals surface area contributed by atoms with Gasteiger partial charge in [0, 0.05) is 35.5 Å². The summed E-state index contributed by atoms with van der Waals surface area (Å²) in [5.74, 6) is 1.35. The van der Waals surface area contributed by atoms with Gasteiger partial charge in [-0.1, -0.05) is 59.7 Å². The van der Waals surface area contributed by atoms with Crippen molar-refractivity contribution in [3.05, 3.63) is 89.5 Å². The summed E-state index contributed by atoms with van der Waals surface area (Å²) in [5.41, 5.74) is 2.40. The normalized spacial score (nSPS) is 32.8. The fourth-order valence-corrected chi connectivity index (χ4v) is 10.4. The van der Waals surface area contributed by atoms with E-state index in [0.717, 1.165) is 49.5 Å². The van der Waals surface area contributed by atoms with Gasteiger partial charge in [-0.3, -0.25) is 9.69 Å². The van der Waals surface area contributed by atoms with E-state index in [-0.39, 0.29) is 17.3 Å². The van der Waals surface area contributed by atoms with Gasteiger partial charge in [0.2, 0.25) is 5.91 Å². The summed E-state index contributed by atoms with van der Waals surface area (Å²) < 4.78 is 15.1. The number of nitrogens with zero attached hydrogens (tertiary/aromatic N) is 5. The maximum atomic E-state index is 14.1. The Morgan fingerprint density at radius 3 is 2.64 bits per heavy atom. The molecule has 1 amide bonds. The molecule has 5 fully saturated rings. The minimum absolute atomic E-state index is 0.0824. The zero-order chi connectivity index (χ0) is 31.4. The number of tetrazole rings is 1. The van der Waals surface area contributed by atoms with Crippen molar-refractivity contribution in [3.63, 3.8) is 0 Å². The van der Waals surface area contributed by atoms with Crippen molar-refractivity contribution in [3.8, 4) is 23.2 Å². The summed E-state index contributed by atoms with van der Waals surface area (Å²) in [6.45, 7) is 2.53. The Hall–Kier alpha value is -4.28. The van der Waals surface area contributed by atoms with E-state index in [0.29, 0.717) is 36.9 Å². The molecule has 6 unspecified atom stereocenters. The number of aromatic nitrogens is 4. The van der Waals surface area contributed by atoms with Crippen molar-refractivity contribution in [2.24, 2.45) is 17.3 Å². The van der Waals surface area contributed by atoms with Crippen molar-refractivity contribution in [2.45, 2.75) is 74.7 Å². The van der Waals surface area contributed by atoms with E-state index in [1.165, 1.54) is 24.0 Å². The molecule has 0 radical (unpaired) electrons. The number of amides is 1. The van der Waals surface area contributed by atoms with Gasteiger partial charge in [0.25, 0.3) is 0 Å². The second-order valence-corrected chi connectivity index (χ2v) is 14.7. The first-order chi connectivity index (χ1) is 23.0. The Bertz CT molecular complexity index is 1880. The smallest absolute Gasteiger partial charge is 0.346 e. The third-order valence-electron chi connectivity index (χ3n) is 12.6. The topological polar surface area (TPSA) is 115 Å². The minimum Gasteiger partial charge on any atom is -0.482 e. The molecular weight excluding hydrogens is 592 g/mol. The molecule has 4 saturated carbocycles. The van der Waals surface area contributed by atoms with Gasteiger partial charge in [0.15, 0.2) is 11.5 Å². The van der Waals surface area contributed by atoms with Crippen LogP contribution < -0.4 is 14.8 Å². The second kappa shape index (κ2) is 9.87. The van der Waals surface area contributed by atoms with Crippen LogP contribution in [0.3, 0.4) is 0 Å². The van der Waals surface area contributed by atoms with Crippen LogP contribution in [-0.2, 0) is 23.2 Å². The maximum Gasteiger partial charge on any atom is 0.346 e. The molecule has 1 saturated heterocycles. The minimum atomic E-state index is -1.30. The Morgan fingerprint density at radius 1 is 1.02 bits per heavy atom. The fraction of sp³-hybridized carbons (Fsp3) is 0.459. The summed E-state index contributed by atoms with van der Waals surface area (Å²) in [4.78, 5) is 16.9. The SMILES string of the molecule is O=C(NCc1ccccc1)C1CC23CCC1(O)C1Oc4c(Oc5nnnn5-c5ccccc5)ccc5c4C12CCN(CC1CC1)C3C5. The lowest BCUT2D eigenvalue weighted by atomic mass is 9.35. The summed E-state index contributed by atoms with van der Waals surface area (Å²) in [6, 6.07) is 24.3. The zero-order valence-electron chi connectivity index (χ0n) is 26.2. The average Bonchev–Trinajstić information content (AvgIpc) is 3.66. The van der Waals surface area contributed by atoms with Gasteiger partial charge >= 0.3 is 6.01 Å². The number of nitrogens with one attached hydrogen (secondary N) is 1. The lowest BCUT2D eigenvalue weighted by molar-refractivity contribution is -0.264. The quantitative estimate of drug-likeness (QED) is 0.296. The first-order valence-corrected chi connectivity index (χ1v) is 17.1. The molecule has 6 atom stereocenters. The number of piperidine rings is 1. The molecule has 5 aliphatic carbocycles. The Kier molecular flexibility index (Phi) is 5.84. The van der Waals surface area contributed by atoms with Gasteiger partial charge in [0.05, 0.1) is 11.6 Å². The molecule has 47 heavy (non-hydrogen) atoms. The number of benzene rings is 3. The van der Waals surface area contributed by atoms with E-state index in [1.807, 2.05) is 66.7 Å². The van der Waals surface area contributed by atoms with Crippen LogP contribution in [0.15, 0.2) is 72.8 Å². The van der Waals surface area contributed by atoms with Crippen LogP contribution in [0.5, 0.6) is 17.5 Å². The van der Waals surface area contributed by atoms with Crippen molar-refractivity contribution >= 4 is 5.91 Å². The summed E-state index contributed by atoms with van der Waals surface area (Å²) in [6.07, 6.45) is 5.96. The number of hydrogen-bond acceptors (Lipinski definition) is 8. The van der Waals surface area contributed by atoms with Crippen LogP contribution in [0.25, 0.3) is 5.69 Å². The van der Waals surface area contributed by atoms with E-state index in [2.05, 4.69) is 31.8 Å². The lowest BCUT2D eigenvalue weighted by Gasteiger charge is -2.73. The number of carbonyl (C=O) groups is 1. The van der Waals surface area contributed by atoms with Crippen LogP contribution in [0.1, 0.15) is 55.2 Å². The molecule has 3 heterocycles. The van der Waals surface area contributed by atoms with Gasteiger partial charge in [0.1, 0.15) is 11.7 Å². The Morgan fingerprint density at radius 2 is 1.83 bits per heavy atom. The van der Waals surface area contributed by atoms with E-state index in [9.17, 15) is 9.90 Å². The predicted molar refractivity (Wildman–Crippen MR) is 171 cm³/mol. The molecule has 10 heteroatoms. The first kappa shape index (κ1) is 27.8. The van der Waals surface area contributed by atoms with Gasteiger partial charge in [-0.05, 0) is 97.2 Å². The molecule has 2 N–H and O–H groups in total. The van der Waals surface area contributed by atoms with Crippen LogP contribution in [0.4, 0.5) is 0 Å². The van der Waals surface area contributed by atoms with E-state index >= 15 is 0 Å². The van der Waals surface area contributed by atoms with Crippen LogP contribution in [0.2, 0.25) is 0 Å². The molecule has 7 aliphatic rings. The van der Waals surface area contributed by atoms with Crippen LogP contribution in [-0.4, -0.2) is 67.0 Å². The molecule has 4 aromatic rings. The zero-order valence-corrected chi connectivity index (χ0v) is 26.2. The molecule has 2 aliphatic heterocycles. The molecule has 4 bridgehead atoms. The highest BCUT2D eigenvalue weighted by Crippen LogP contribution is 2.76. The van der Waals surface area contributed by atoms with Gasteiger partial charge in [-0.15, -0.1) is 0 Å². The van der Waals surface area contributed by atoms with Gasteiger partial charge < -0.3 is 19.9 Å². The largest absolute Gasteiger partial charge is 0.482 e. The highest BCUT2D eigenvalue weighted by atomic mass is 16.5. The van der Waals surface area contributed by atoms with Crippen LogP contribution in [0, 0.1) is 17.3 Å². The van der Waals surface area contributed by atoms with E-state index in [4.69, 9.17) is 9.47 Å². The van der Waals surface area contributed by atoms with Crippen LogP contribution >= 0.6 is 0 Å². The highest BCUT2D eigenvalue weighted by molar-refractivity contribution is 5.81.